The van der Waals surface area contributed by atoms with E-state index in [1.165, 1.54) is 19.3 Å². The van der Waals surface area contributed by atoms with Crippen molar-refractivity contribution in [2.45, 2.75) is 44.6 Å². The summed E-state index contributed by atoms with van der Waals surface area (Å²) in [4.78, 5) is 7.02. The van der Waals surface area contributed by atoms with E-state index in [1.54, 1.807) is 0 Å². The summed E-state index contributed by atoms with van der Waals surface area (Å²) in [6.45, 7) is 1.60. The van der Waals surface area contributed by atoms with Gasteiger partial charge in [0.1, 0.15) is 5.75 Å². The molecule has 5 nitrogen and oxygen atoms in total. The first-order valence-electron chi connectivity index (χ1n) is 7.92. The summed E-state index contributed by atoms with van der Waals surface area (Å²) < 4.78 is 5.80. The van der Waals surface area contributed by atoms with Crippen molar-refractivity contribution in [3.63, 3.8) is 0 Å². The predicted molar refractivity (Wildman–Crippen MR) is 85.5 cm³/mol. The number of nitrogens with two attached hydrogens (primary N) is 1. The molecule has 114 valence electrons. The molecular weight excluding hydrogens is 264 g/mol. The molecule has 0 aromatic heterocycles. The number of aliphatic imine (C=N–C) groups is 1. The summed E-state index contributed by atoms with van der Waals surface area (Å²) in [7, 11) is 0. The Morgan fingerprint density at radius 2 is 2.00 bits per heavy atom. The van der Waals surface area contributed by atoms with Crippen LogP contribution >= 0.6 is 0 Å². The third-order valence-corrected chi connectivity index (χ3v) is 4.20. The lowest BCUT2D eigenvalue weighted by molar-refractivity contribution is 0.322. The molecule has 3 rings (SSSR count). The second-order valence-electron chi connectivity index (χ2n) is 5.71. The molecule has 1 aromatic rings. The second kappa shape index (κ2) is 6.80. The van der Waals surface area contributed by atoms with E-state index in [2.05, 4.69) is 16.4 Å². The van der Waals surface area contributed by atoms with Gasteiger partial charge in [0, 0.05) is 6.54 Å². The molecule has 1 fully saturated rings. The molecule has 1 heterocycles. The third-order valence-electron chi connectivity index (χ3n) is 4.20. The Bertz CT molecular complexity index is 497. The summed E-state index contributed by atoms with van der Waals surface area (Å²) in [6, 6.07) is 8.48. The van der Waals surface area contributed by atoms with E-state index in [1.807, 2.05) is 18.2 Å². The van der Waals surface area contributed by atoms with Gasteiger partial charge in [-0.3, -0.25) is 5.43 Å². The highest BCUT2D eigenvalue weighted by atomic mass is 16.5. The Kier molecular flexibility index (Phi) is 4.60. The molecule has 3 N–H and O–H groups in total. The van der Waals surface area contributed by atoms with Crippen LogP contribution in [0.2, 0.25) is 0 Å². The maximum Gasteiger partial charge on any atom is 0.213 e. The Morgan fingerprint density at radius 3 is 2.81 bits per heavy atom. The van der Waals surface area contributed by atoms with Gasteiger partial charge in [0.25, 0.3) is 0 Å². The summed E-state index contributed by atoms with van der Waals surface area (Å²) in [6.07, 6.45) is 7.16. The molecular formula is C16H24N4O. The minimum atomic E-state index is 0.390. The Balaban J connectivity index is 1.87. The fourth-order valence-electron chi connectivity index (χ4n) is 3.12. The van der Waals surface area contributed by atoms with Crippen LogP contribution in [0.1, 0.15) is 38.5 Å². The van der Waals surface area contributed by atoms with Crippen molar-refractivity contribution < 1.29 is 4.74 Å². The van der Waals surface area contributed by atoms with E-state index in [0.29, 0.717) is 6.04 Å². The van der Waals surface area contributed by atoms with Gasteiger partial charge in [-0.15, -0.1) is 0 Å². The van der Waals surface area contributed by atoms with Crippen LogP contribution < -0.4 is 20.9 Å². The SMILES string of the molecule is NNC(=NC1CCCCC1)N1CCCOc2ccccc21. The quantitative estimate of drug-likeness (QED) is 0.360. The molecule has 2 aliphatic rings. The number of anilines is 1. The number of hydrogen-bond donors (Lipinski definition) is 2. The Hall–Kier alpha value is -1.75. The van der Waals surface area contributed by atoms with Gasteiger partial charge in [0.05, 0.1) is 18.3 Å². The zero-order valence-corrected chi connectivity index (χ0v) is 12.4. The lowest BCUT2D eigenvalue weighted by atomic mass is 9.96. The molecule has 0 bridgehead atoms. The number of fused-ring (bicyclic) bond motifs is 1. The van der Waals surface area contributed by atoms with Crippen LogP contribution in [0.4, 0.5) is 5.69 Å². The largest absolute Gasteiger partial charge is 0.491 e. The lowest BCUT2D eigenvalue weighted by Crippen LogP contribution is -2.46. The number of rotatable bonds is 1. The van der Waals surface area contributed by atoms with Gasteiger partial charge in [0.15, 0.2) is 0 Å². The van der Waals surface area contributed by atoms with Gasteiger partial charge >= 0.3 is 0 Å². The first-order chi connectivity index (χ1) is 10.4. The number of benzene rings is 1. The van der Waals surface area contributed by atoms with Crippen LogP contribution in [0.25, 0.3) is 0 Å². The van der Waals surface area contributed by atoms with Crippen molar-refractivity contribution in [1.29, 1.82) is 0 Å². The number of ether oxygens (including phenoxy) is 1. The maximum atomic E-state index is 5.80. The van der Waals surface area contributed by atoms with Crippen molar-refractivity contribution >= 4 is 11.6 Å². The normalized spacial score (nSPS) is 20.4. The lowest BCUT2D eigenvalue weighted by Gasteiger charge is -2.27. The van der Waals surface area contributed by atoms with Gasteiger partial charge in [-0.1, -0.05) is 31.4 Å². The van der Waals surface area contributed by atoms with Crippen LogP contribution in [-0.2, 0) is 0 Å². The van der Waals surface area contributed by atoms with Crippen molar-refractivity contribution in [2.24, 2.45) is 10.8 Å². The Morgan fingerprint density at radius 1 is 1.19 bits per heavy atom. The molecule has 0 radical (unpaired) electrons. The van der Waals surface area contributed by atoms with E-state index in [-0.39, 0.29) is 0 Å². The summed E-state index contributed by atoms with van der Waals surface area (Å²) in [5, 5.41) is 0. The molecule has 0 amide bonds. The molecule has 5 heteroatoms. The highest BCUT2D eigenvalue weighted by Crippen LogP contribution is 2.31. The van der Waals surface area contributed by atoms with Gasteiger partial charge in [-0.2, -0.15) is 0 Å². The van der Waals surface area contributed by atoms with Gasteiger partial charge in [-0.25, -0.2) is 10.8 Å². The van der Waals surface area contributed by atoms with Crippen LogP contribution in [-0.4, -0.2) is 25.2 Å². The molecule has 1 saturated carbocycles. The third kappa shape index (κ3) is 3.29. The van der Waals surface area contributed by atoms with Crippen molar-refractivity contribution in [2.75, 3.05) is 18.1 Å². The first kappa shape index (κ1) is 14.2. The topological polar surface area (TPSA) is 62.9 Å². The molecule has 1 aliphatic heterocycles. The van der Waals surface area contributed by atoms with Gasteiger partial charge in [0.2, 0.25) is 5.96 Å². The maximum absolute atomic E-state index is 5.80. The monoisotopic (exact) mass is 288 g/mol. The van der Waals surface area contributed by atoms with Crippen LogP contribution in [0.15, 0.2) is 29.3 Å². The molecule has 1 aromatic carbocycles. The number of nitrogens with zero attached hydrogens (tertiary/aromatic N) is 2. The second-order valence-corrected chi connectivity index (χ2v) is 5.71. The number of hydrazine groups is 1. The van der Waals surface area contributed by atoms with Crippen molar-refractivity contribution in [3.05, 3.63) is 24.3 Å². The van der Waals surface area contributed by atoms with Crippen LogP contribution in [0, 0.1) is 0 Å². The summed E-state index contributed by atoms with van der Waals surface area (Å²) in [5.41, 5.74) is 3.85. The highest BCUT2D eigenvalue weighted by molar-refractivity contribution is 5.97. The average Bonchev–Trinajstić information content (AvgIpc) is 2.76. The summed E-state index contributed by atoms with van der Waals surface area (Å²) in [5.74, 6) is 7.43. The van der Waals surface area contributed by atoms with Crippen molar-refractivity contribution in [3.8, 4) is 5.75 Å². The van der Waals surface area contributed by atoms with Gasteiger partial charge < -0.3 is 9.64 Å². The standard InChI is InChI=1S/C16H24N4O/c17-19-16(18-13-7-2-1-3-8-13)20-11-6-12-21-15-10-5-4-9-14(15)20/h4-5,9-10,13H,1-3,6-8,11-12,17H2,(H,18,19). The highest BCUT2D eigenvalue weighted by Gasteiger charge is 2.21. The van der Waals surface area contributed by atoms with E-state index >= 15 is 0 Å². The van der Waals surface area contributed by atoms with Gasteiger partial charge in [-0.05, 0) is 31.4 Å². The van der Waals surface area contributed by atoms with Crippen LogP contribution in [0.5, 0.6) is 5.75 Å². The average molecular weight is 288 g/mol. The molecule has 0 atom stereocenters. The zero-order chi connectivity index (χ0) is 14.5. The number of guanidine groups is 1. The van der Waals surface area contributed by atoms with E-state index in [9.17, 15) is 0 Å². The molecule has 0 unspecified atom stereocenters. The molecule has 21 heavy (non-hydrogen) atoms. The van der Waals surface area contributed by atoms with Crippen LogP contribution in [0.3, 0.4) is 0 Å². The minimum absolute atomic E-state index is 0.390. The number of para-hydroxylation sites is 2. The molecule has 0 spiro atoms. The molecule has 0 saturated heterocycles. The zero-order valence-electron chi connectivity index (χ0n) is 12.4. The number of nitrogens with one attached hydrogen (secondary N) is 1. The van der Waals surface area contributed by atoms with E-state index in [4.69, 9.17) is 15.6 Å². The molecule has 1 aliphatic carbocycles. The fourth-order valence-corrected chi connectivity index (χ4v) is 3.12. The summed E-state index contributed by atoms with van der Waals surface area (Å²) >= 11 is 0. The van der Waals surface area contributed by atoms with E-state index in [0.717, 1.165) is 49.8 Å². The fraction of sp³-hybridized carbons (Fsp3) is 0.562. The predicted octanol–water partition coefficient (Wildman–Crippen LogP) is 2.43. The Labute approximate surface area is 126 Å². The first-order valence-corrected chi connectivity index (χ1v) is 7.92. The smallest absolute Gasteiger partial charge is 0.213 e. The minimum Gasteiger partial charge on any atom is -0.491 e. The van der Waals surface area contributed by atoms with E-state index < -0.39 is 0 Å². The van der Waals surface area contributed by atoms with Crippen molar-refractivity contribution in [1.82, 2.24) is 5.43 Å². The number of hydrogen-bond acceptors (Lipinski definition) is 3.